The van der Waals surface area contributed by atoms with E-state index < -0.39 is 31.1 Å². The Labute approximate surface area is 243 Å². The van der Waals surface area contributed by atoms with E-state index in [0.717, 1.165) is 35.4 Å². The SMILES string of the molecule is CN(CCO)CCCOc1cc(CNc2nc3c(N)ncnc3n2[C@@H]2O[C@H](CO)[C@@H](O)[C@H]2O)ccc1-c1ccccc1. The largest absolute Gasteiger partial charge is 0.493 e. The van der Waals surface area contributed by atoms with Crippen molar-refractivity contribution in [1.82, 2.24) is 24.4 Å². The molecular formula is C29H37N7O6. The maximum atomic E-state index is 10.7. The van der Waals surface area contributed by atoms with Crippen molar-refractivity contribution in [3.05, 3.63) is 60.4 Å². The molecule has 2 aromatic heterocycles. The smallest absolute Gasteiger partial charge is 0.207 e. The number of fused-ring (bicyclic) bond motifs is 1. The summed E-state index contributed by atoms with van der Waals surface area (Å²) in [4.78, 5) is 14.9. The first-order valence-electron chi connectivity index (χ1n) is 13.9. The monoisotopic (exact) mass is 579 g/mol. The molecule has 1 fully saturated rings. The van der Waals surface area contributed by atoms with Crippen LogP contribution >= 0.6 is 0 Å². The fraction of sp³-hybridized carbons (Fsp3) is 0.414. The third kappa shape index (κ3) is 6.31. The van der Waals surface area contributed by atoms with Crippen molar-refractivity contribution in [3.63, 3.8) is 0 Å². The number of hydrogen-bond acceptors (Lipinski definition) is 12. The second kappa shape index (κ2) is 13.4. The van der Waals surface area contributed by atoms with E-state index in [1.807, 2.05) is 55.6 Å². The molecule has 13 nitrogen and oxygen atoms in total. The number of imidazole rings is 1. The van der Waals surface area contributed by atoms with Gasteiger partial charge in [-0.2, -0.15) is 0 Å². The van der Waals surface area contributed by atoms with Crippen LogP contribution in [0.5, 0.6) is 5.75 Å². The molecule has 0 saturated carbocycles. The number of benzene rings is 2. The van der Waals surface area contributed by atoms with Crippen LogP contribution in [-0.4, -0.2) is 103 Å². The zero-order valence-corrected chi connectivity index (χ0v) is 23.4. The molecule has 2 aromatic carbocycles. The van der Waals surface area contributed by atoms with E-state index >= 15 is 0 Å². The number of anilines is 2. The number of nitrogen functional groups attached to an aromatic ring is 1. The lowest BCUT2D eigenvalue weighted by Gasteiger charge is -2.20. The summed E-state index contributed by atoms with van der Waals surface area (Å²) in [6.45, 7) is 1.90. The van der Waals surface area contributed by atoms with Gasteiger partial charge in [-0.05, 0) is 30.7 Å². The summed E-state index contributed by atoms with van der Waals surface area (Å²) < 4.78 is 13.6. The summed E-state index contributed by atoms with van der Waals surface area (Å²) in [6, 6.07) is 16.0. The molecule has 4 aromatic rings. The summed E-state index contributed by atoms with van der Waals surface area (Å²) in [5.74, 6) is 1.19. The second-order valence-electron chi connectivity index (χ2n) is 10.2. The fourth-order valence-electron chi connectivity index (χ4n) is 5.02. The lowest BCUT2D eigenvalue weighted by molar-refractivity contribution is -0.0501. The standard InChI is InChI=1S/C29H37N7O6/c1-35(11-12-37)10-5-13-41-21-14-18(8-9-20(21)19-6-3-2-4-7-19)15-31-29-34-23-26(30)32-17-33-27(23)36(29)28-25(40)24(39)22(16-38)42-28/h2-4,6-9,14,17,22,24-25,28,37-40H,5,10-13,15-16H2,1H3,(H,31,34)(H2,30,32,33)/t22-,24-,25-,28-/m1/s1. The molecule has 3 heterocycles. The average Bonchev–Trinajstić information content (AvgIpc) is 3.51. The Morgan fingerprint density at radius 1 is 1.07 bits per heavy atom. The van der Waals surface area contributed by atoms with Gasteiger partial charge in [0.05, 0.1) is 19.8 Å². The number of aliphatic hydroxyl groups excluding tert-OH is 4. The van der Waals surface area contributed by atoms with Gasteiger partial charge in [-0.1, -0.05) is 42.5 Å². The van der Waals surface area contributed by atoms with Crippen molar-refractivity contribution in [2.75, 3.05) is 51.0 Å². The fourth-order valence-corrected chi connectivity index (χ4v) is 5.02. The maximum absolute atomic E-state index is 10.7. The Morgan fingerprint density at radius 2 is 1.88 bits per heavy atom. The second-order valence-corrected chi connectivity index (χ2v) is 10.2. The number of nitrogens with one attached hydrogen (secondary N) is 1. The molecule has 5 rings (SSSR count). The van der Waals surface area contributed by atoms with E-state index in [-0.39, 0.29) is 12.4 Å². The summed E-state index contributed by atoms with van der Waals surface area (Å²) in [6.07, 6.45) is -2.58. The maximum Gasteiger partial charge on any atom is 0.207 e. The summed E-state index contributed by atoms with van der Waals surface area (Å²) >= 11 is 0. The molecule has 0 spiro atoms. The van der Waals surface area contributed by atoms with Crippen molar-refractivity contribution in [2.24, 2.45) is 0 Å². The van der Waals surface area contributed by atoms with E-state index in [0.29, 0.717) is 36.8 Å². The molecule has 42 heavy (non-hydrogen) atoms. The van der Waals surface area contributed by atoms with Gasteiger partial charge in [-0.15, -0.1) is 0 Å². The van der Waals surface area contributed by atoms with Crippen molar-refractivity contribution >= 4 is 22.9 Å². The van der Waals surface area contributed by atoms with Gasteiger partial charge in [-0.3, -0.25) is 4.57 Å². The lowest BCUT2D eigenvalue weighted by Crippen LogP contribution is -2.33. The summed E-state index contributed by atoms with van der Waals surface area (Å²) in [5, 5.41) is 43.1. The zero-order valence-electron chi connectivity index (χ0n) is 23.4. The van der Waals surface area contributed by atoms with Crippen LogP contribution in [0.25, 0.3) is 22.3 Å². The van der Waals surface area contributed by atoms with E-state index in [1.165, 1.54) is 10.9 Å². The van der Waals surface area contributed by atoms with Crippen LogP contribution < -0.4 is 15.8 Å². The van der Waals surface area contributed by atoms with Crippen LogP contribution in [0.2, 0.25) is 0 Å². The molecule has 1 saturated heterocycles. The number of nitrogens with zero attached hydrogens (tertiary/aromatic N) is 5. The van der Waals surface area contributed by atoms with Crippen LogP contribution in [0.1, 0.15) is 18.2 Å². The molecule has 0 unspecified atom stereocenters. The predicted octanol–water partition coefficient (Wildman–Crippen LogP) is 0.992. The third-order valence-electron chi connectivity index (χ3n) is 7.28. The number of hydrogen-bond donors (Lipinski definition) is 6. The summed E-state index contributed by atoms with van der Waals surface area (Å²) in [7, 11) is 1.96. The Morgan fingerprint density at radius 3 is 2.62 bits per heavy atom. The molecule has 224 valence electrons. The van der Waals surface area contributed by atoms with Gasteiger partial charge in [0, 0.05) is 25.2 Å². The van der Waals surface area contributed by atoms with Crippen LogP contribution in [0.4, 0.5) is 11.8 Å². The third-order valence-corrected chi connectivity index (χ3v) is 7.28. The minimum atomic E-state index is -1.34. The highest BCUT2D eigenvalue weighted by atomic mass is 16.6. The van der Waals surface area contributed by atoms with Gasteiger partial charge >= 0.3 is 0 Å². The molecule has 1 aliphatic heterocycles. The van der Waals surface area contributed by atoms with Crippen LogP contribution in [-0.2, 0) is 11.3 Å². The predicted molar refractivity (Wildman–Crippen MR) is 157 cm³/mol. The van der Waals surface area contributed by atoms with E-state index in [4.69, 9.17) is 20.3 Å². The van der Waals surface area contributed by atoms with Gasteiger partial charge in [0.25, 0.3) is 0 Å². The van der Waals surface area contributed by atoms with Crippen molar-refractivity contribution in [2.45, 2.75) is 37.5 Å². The molecule has 0 aliphatic carbocycles. The molecule has 13 heteroatoms. The highest BCUT2D eigenvalue weighted by molar-refractivity contribution is 5.84. The average molecular weight is 580 g/mol. The first-order chi connectivity index (χ1) is 20.4. The molecule has 4 atom stereocenters. The normalized spacial score (nSPS) is 20.4. The molecule has 0 amide bonds. The Hall–Kier alpha value is -3.85. The van der Waals surface area contributed by atoms with Crippen LogP contribution in [0.15, 0.2) is 54.9 Å². The van der Waals surface area contributed by atoms with Gasteiger partial charge in [0.2, 0.25) is 5.95 Å². The Bertz CT molecular complexity index is 1470. The topological polar surface area (TPSA) is 184 Å². The molecule has 7 N–H and O–H groups in total. The Balaban J connectivity index is 1.40. The molecule has 0 radical (unpaired) electrons. The number of rotatable bonds is 13. The minimum absolute atomic E-state index is 0.117. The number of nitrogens with two attached hydrogens (primary N) is 1. The lowest BCUT2D eigenvalue weighted by atomic mass is 10.0. The number of ether oxygens (including phenoxy) is 2. The van der Waals surface area contributed by atoms with E-state index in [9.17, 15) is 15.3 Å². The van der Waals surface area contributed by atoms with Gasteiger partial charge in [0.15, 0.2) is 23.2 Å². The highest BCUT2D eigenvalue weighted by Crippen LogP contribution is 2.36. The van der Waals surface area contributed by atoms with Crippen molar-refractivity contribution in [3.8, 4) is 16.9 Å². The van der Waals surface area contributed by atoms with E-state index in [2.05, 4.69) is 25.2 Å². The quantitative estimate of drug-likeness (QED) is 0.124. The Kier molecular flexibility index (Phi) is 9.47. The summed E-state index contributed by atoms with van der Waals surface area (Å²) in [5.41, 5.74) is 9.59. The zero-order chi connectivity index (χ0) is 29.6. The van der Waals surface area contributed by atoms with Gasteiger partial charge in [0.1, 0.15) is 30.4 Å². The van der Waals surface area contributed by atoms with Crippen molar-refractivity contribution < 1.29 is 29.9 Å². The molecule has 0 bridgehead atoms. The minimum Gasteiger partial charge on any atom is -0.493 e. The van der Waals surface area contributed by atoms with Crippen molar-refractivity contribution in [1.29, 1.82) is 0 Å². The molecule has 1 aliphatic rings. The number of likely N-dealkylation sites (N-methyl/N-ethyl adjacent to an activating group) is 1. The van der Waals surface area contributed by atoms with Gasteiger partial charge < -0.3 is 45.9 Å². The van der Waals surface area contributed by atoms with Crippen LogP contribution in [0.3, 0.4) is 0 Å². The number of aliphatic hydroxyl groups is 4. The first-order valence-corrected chi connectivity index (χ1v) is 13.9. The molecular weight excluding hydrogens is 542 g/mol. The number of aromatic nitrogens is 4. The highest BCUT2D eigenvalue weighted by Gasteiger charge is 2.45. The van der Waals surface area contributed by atoms with Crippen LogP contribution in [0, 0.1) is 0 Å². The van der Waals surface area contributed by atoms with Gasteiger partial charge in [-0.25, -0.2) is 15.0 Å². The first kappa shape index (κ1) is 29.6. The van der Waals surface area contributed by atoms with E-state index in [1.54, 1.807) is 0 Å².